The van der Waals surface area contributed by atoms with Crippen molar-refractivity contribution < 1.29 is 28.3 Å². The number of anilines is 1. The Hall–Kier alpha value is -2.98. The maximum absolute atomic E-state index is 15.2. The van der Waals surface area contributed by atoms with Crippen molar-refractivity contribution in [1.82, 2.24) is 20.2 Å². The summed E-state index contributed by atoms with van der Waals surface area (Å²) in [5.41, 5.74) is -2.97. The number of carbonyl (C=O) groups excluding carboxylic acids is 4. The molecular weight excluding hydrogens is 433 g/mol. The molecule has 2 aliphatic rings. The second-order valence-corrected chi connectivity index (χ2v) is 9.35. The van der Waals surface area contributed by atoms with Crippen LogP contribution >= 0.6 is 0 Å². The second-order valence-electron chi connectivity index (χ2n) is 9.35. The molecule has 1 aromatic rings. The average Bonchev–Trinajstić information content (AvgIpc) is 3.31. The lowest BCUT2D eigenvalue weighted by Crippen LogP contribution is -2.65. The summed E-state index contributed by atoms with van der Waals surface area (Å²) >= 11 is 0. The van der Waals surface area contributed by atoms with Gasteiger partial charge in [-0.15, -0.1) is 0 Å². The fourth-order valence-corrected chi connectivity index (χ4v) is 4.31. The lowest BCUT2D eigenvalue weighted by molar-refractivity contribution is -0.144. The molecule has 0 aromatic carbocycles. The van der Waals surface area contributed by atoms with Gasteiger partial charge in [0, 0.05) is 19.7 Å². The number of imidazole rings is 1. The SMILES string of the molecule is CC(C)OC(=O)N[C@@H](CC1(F)CCCC1)C(=O)NC1(C(=O)C(=O)Nc2cn(C)cn2)CCC1. The summed E-state index contributed by atoms with van der Waals surface area (Å²) in [6, 6.07) is -1.23. The van der Waals surface area contributed by atoms with E-state index in [-0.39, 0.29) is 25.1 Å². The number of nitrogens with one attached hydrogen (secondary N) is 3. The molecule has 2 fully saturated rings. The average molecular weight is 466 g/mol. The number of alkyl carbamates (subject to hydrolysis) is 1. The van der Waals surface area contributed by atoms with Crippen molar-refractivity contribution in [3.05, 3.63) is 12.5 Å². The van der Waals surface area contributed by atoms with Crippen molar-refractivity contribution in [1.29, 1.82) is 0 Å². The second kappa shape index (κ2) is 9.88. The number of aromatic nitrogens is 2. The highest BCUT2D eigenvalue weighted by Gasteiger charge is 2.50. The van der Waals surface area contributed by atoms with Crippen molar-refractivity contribution in [3.8, 4) is 0 Å². The first-order valence-corrected chi connectivity index (χ1v) is 11.3. The molecule has 3 rings (SSSR count). The Morgan fingerprint density at radius 1 is 1.15 bits per heavy atom. The number of nitrogens with zero attached hydrogens (tertiary/aromatic N) is 2. The predicted molar refractivity (Wildman–Crippen MR) is 117 cm³/mol. The Morgan fingerprint density at radius 3 is 2.33 bits per heavy atom. The van der Waals surface area contributed by atoms with Crippen LogP contribution in [0.1, 0.15) is 65.2 Å². The van der Waals surface area contributed by atoms with E-state index in [0.29, 0.717) is 32.1 Å². The summed E-state index contributed by atoms with van der Waals surface area (Å²) < 4.78 is 21.9. The molecule has 11 heteroatoms. The molecular formula is C22H32FN5O5. The summed E-state index contributed by atoms with van der Waals surface area (Å²) in [5, 5.41) is 7.52. The molecule has 10 nitrogen and oxygen atoms in total. The van der Waals surface area contributed by atoms with E-state index in [2.05, 4.69) is 20.9 Å². The van der Waals surface area contributed by atoms with Crippen LogP contribution in [0.5, 0.6) is 0 Å². The topological polar surface area (TPSA) is 131 Å². The molecule has 2 aliphatic carbocycles. The zero-order chi connectivity index (χ0) is 24.2. The first kappa shape index (κ1) is 24.7. The Morgan fingerprint density at radius 2 is 1.82 bits per heavy atom. The lowest BCUT2D eigenvalue weighted by atomic mass is 9.73. The van der Waals surface area contributed by atoms with E-state index in [4.69, 9.17) is 4.74 Å². The van der Waals surface area contributed by atoms with Crippen LogP contribution in [0.15, 0.2) is 12.5 Å². The number of aryl methyl sites for hydroxylation is 1. The maximum Gasteiger partial charge on any atom is 0.408 e. The van der Waals surface area contributed by atoms with E-state index >= 15 is 4.39 Å². The normalized spacial score (nSPS) is 19.3. The zero-order valence-electron chi connectivity index (χ0n) is 19.3. The maximum atomic E-state index is 15.2. The van der Waals surface area contributed by atoms with Gasteiger partial charge in [-0.05, 0) is 46.0 Å². The van der Waals surface area contributed by atoms with Gasteiger partial charge < -0.3 is 25.3 Å². The highest BCUT2D eigenvalue weighted by atomic mass is 19.1. The molecule has 0 radical (unpaired) electrons. The molecule has 3 amide bonds. The minimum atomic E-state index is -1.58. The highest BCUT2D eigenvalue weighted by molar-refractivity contribution is 6.44. The van der Waals surface area contributed by atoms with Crippen molar-refractivity contribution >= 4 is 29.5 Å². The smallest absolute Gasteiger partial charge is 0.408 e. The molecule has 1 heterocycles. The number of Topliss-reactive ketones (excluding diaryl/α,β-unsaturated/α-hetero) is 1. The molecule has 1 aromatic heterocycles. The molecule has 1 atom stereocenters. The fourth-order valence-electron chi connectivity index (χ4n) is 4.31. The first-order chi connectivity index (χ1) is 15.5. The first-order valence-electron chi connectivity index (χ1n) is 11.3. The Kier molecular flexibility index (Phi) is 7.38. The zero-order valence-corrected chi connectivity index (χ0v) is 19.3. The van der Waals surface area contributed by atoms with E-state index in [1.54, 1.807) is 31.7 Å². The minimum absolute atomic E-state index is 0.216. The lowest BCUT2D eigenvalue weighted by Gasteiger charge is -2.41. The number of alkyl halides is 1. The molecule has 0 bridgehead atoms. The van der Waals surface area contributed by atoms with Crippen molar-refractivity contribution in [2.75, 3.05) is 5.32 Å². The number of rotatable bonds is 9. The van der Waals surface area contributed by atoms with Crippen LogP contribution in [0.25, 0.3) is 0 Å². The van der Waals surface area contributed by atoms with Crippen LogP contribution in [0, 0.1) is 0 Å². The van der Waals surface area contributed by atoms with E-state index in [1.165, 1.54) is 6.33 Å². The van der Waals surface area contributed by atoms with Gasteiger partial charge in [0.1, 0.15) is 17.2 Å². The van der Waals surface area contributed by atoms with E-state index in [9.17, 15) is 19.2 Å². The minimum Gasteiger partial charge on any atom is -0.447 e. The van der Waals surface area contributed by atoms with Gasteiger partial charge in [-0.2, -0.15) is 0 Å². The van der Waals surface area contributed by atoms with Gasteiger partial charge in [0.05, 0.1) is 12.4 Å². The molecule has 0 aliphatic heterocycles. The van der Waals surface area contributed by atoms with E-state index in [0.717, 1.165) is 0 Å². The van der Waals surface area contributed by atoms with Gasteiger partial charge in [0.15, 0.2) is 5.82 Å². The standard InChI is InChI=1S/C22H32FN5O5/c1-14(2)33-20(32)25-15(11-21(23)7-4-5-8-21)18(30)27-22(9-6-10-22)17(29)19(31)26-16-12-28(3)13-24-16/h12-15H,4-11H2,1-3H3,(H,25,32)(H,26,31)(H,27,30)/t15-/m0/s1. The summed E-state index contributed by atoms with van der Waals surface area (Å²) in [4.78, 5) is 54.7. The van der Waals surface area contributed by atoms with Crippen molar-refractivity contribution in [3.63, 3.8) is 0 Å². The van der Waals surface area contributed by atoms with Crippen molar-refractivity contribution in [2.24, 2.45) is 7.05 Å². The molecule has 33 heavy (non-hydrogen) atoms. The summed E-state index contributed by atoms with van der Waals surface area (Å²) in [5.74, 6) is -2.19. The summed E-state index contributed by atoms with van der Waals surface area (Å²) in [7, 11) is 1.72. The van der Waals surface area contributed by atoms with Gasteiger partial charge in [0.25, 0.3) is 5.91 Å². The molecule has 0 spiro atoms. The Balaban J connectivity index is 1.71. The number of carbonyl (C=O) groups is 4. The fraction of sp³-hybridized carbons (Fsp3) is 0.682. The van der Waals surface area contributed by atoms with E-state index in [1.807, 2.05) is 0 Å². The number of halogens is 1. The largest absolute Gasteiger partial charge is 0.447 e. The van der Waals surface area contributed by atoms with Crippen LogP contribution in [0.3, 0.4) is 0 Å². The third-order valence-electron chi connectivity index (χ3n) is 6.18. The van der Waals surface area contributed by atoms with Gasteiger partial charge in [-0.1, -0.05) is 12.8 Å². The van der Waals surface area contributed by atoms with Crippen LogP contribution in [-0.2, 0) is 26.2 Å². The van der Waals surface area contributed by atoms with Crippen LogP contribution in [-0.4, -0.2) is 56.6 Å². The van der Waals surface area contributed by atoms with Crippen LogP contribution in [0.4, 0.5) is 15.0 Å². The molecule has 2 saturated carbocycles. The third-order valence-corrected chi connectivity index (χ3v) is 6.18. The van der Waals surface area contributed by atoms with E-state index < -0.39 is 47.0 Å². The molecule has 0 saturated heterocycles. The third kappa shape index (κ3) is 6.08. The van der Waals surface area contributed by atoms with Gasteiger partial charge in [-0.25, -0.2) is 14.2 Å². The molecule has 182 valence electrons. The molecule has 0 unspecified atom stereocenters. The van der Waals surface area contributed by atoms with Gasteiger partial charge in [0.2, 0.25) is 11.7 Å². The van der Waals surface area contributed by atoms with Gasteiger partial charge in [-0.3, -0.25) is 14.4 Å². The Bertz CT molecular complexity index is 905. The highest BCUT2D eigenvalue weighted by Crippen LogP contribution is 2.38. The quantitative estimate of drug-likeness (QED) is 0.479. The number of ether oxygens (including phenoxy) is 1. The predicted octanol–water partition coefficient (Wildman–Crippen LogP) is 2.14. The summed E-state index contributed by atoms with van der Waals surface area (Å²) in [6.07, 6.45) is 4.73. The number of hydrogen-bond acceptors (Lipinski definition) is 6. The van der Waals surface area contributed by atoms with Crippen LogP contribution < -0.4 is 16.0 Å². The summed E-state index contributed by atoms with van der Waals surface area (Å²) in [6.45, 7) is 3.31. The number of amides is 3. The molecule has 3 N–H and O–H groups in total. The monoisotopic (exact) mass is 465 g/mol. The number of hydrogen-bond donors (Lipinski definition) is 3. The van der Waals surface area contributed by atoms with Crippen LogP contribution in [0.2, 0.25) is 0 Å². The Labute approximate surface area is 192 Å². The number of ketones is 1. The van der Waals surface area contributed by atoms with Gasteiger partial charge >= 0.3 is 6.09 Å². The van der Waals surface area contributed by atoms with Crippen molar-refractivity contribution in [2.45, 2.75) is 88.6 Å².